The number of nitrogens with one attached hydrogen (secondary N) is 3. The molecule has 0 saturated carbocycles. The number of rotatable bonds is 5. The van der Waals surface area contributed by atoms with E-state index in [9.17, 15) is 9.59 Å². The third kappa shape index (κ3) is 5.01. The van der Waals surface area contributed by atoms with Gasteiger partial charge in [0.05, 0.1) is 10.7 Å². The summed E-state index contributed by atoms with van der Waals surface area (Å²) in [6.45, 7) is 0.941. The summed E-state index contributed by atoms with van der Waals surface area (Å²) in [7, 11) is 1.52. The van der Waals surface area contributed by atoms with Crippen LogP contribution in [-0.2, 0) is 0 Å². The summed E-state index contributed by atoms with van der Waals surface area (Å²) >= 11 is 6.23. The Balaban J connectivity index is 1.45. The molecule has 1 aliphatic heterocycles. The first-order valence-electron chi connectivity index (χ1n) is 9.65. The molecule has 0 aliphatic carbocycles. The minimum absolute atomic E-state index is 0.219. The van der Waals surface area contributed by atoms with Gasteiger partial charge in [0.25, 0.3) is 5.91 Å². The van der Waals surface area contributed by atoms with Crippen molar-refractivity contribution in [2.24, 2.45) is 0 Å². The minimum atomic E-state index is -0.494. The van der Waals surface area contributed by atoms with Gasteiger partial charge in [0.15, 0.2) is 11.5 Å². The van der Waals surface area contributed by atoms with Gasteiger partial charge in [-0.05, 0) is 30.3 Å². The van der Waals surface area contributed by atoms with Gasteiger partial charge in [-0.25, -0.2) is 4.79 Å². The summed E-state index contributed by atoms with van der Waals surface area (Å²) in [4.78, 5) is 28.2. The second-order valence-corrected chi connectivity index (χ2v) is 7.04. The van der Waals surface area contributed by atoms with Crippen LogP contribution in [0.5, 0.6) is 23.0 Å². The van der Waals surface area contributed by atoms with E-state index >= 15 is 0 Å². The summed E-state index contributed by atoms with van der Waals surface area (Å²) in [6.07, 6.45) is 1.47. The van der Waals surface area contributed by atoms with Crippen LogP contribution in [0.25, 0.3) is 0 Å². The fourth-order valence-corrected chi connectivity index (χ4v) is 3.10. The van der Waals surface area contributed by atoms with Gasteiger partial charge in [-0.1, -0.05) is 11.6 Å². The van der Waals surface area contributed by atoms with Crippen LogP contribution < -0.4 is 30.2 Å². The molecule has 32 heavy (non-hydrogen) atoms. The summed E-state index contributed by atoms with van der Waals surface area (Å²) in [5.74, 6) is 1.69. The Morgan fingerprint density at radius 3 is 2.56 bits per heavy atom. The smallest absolute Gasteiger partial charge is 0.323 e. The topological polar surface area (TPSA) is 111 Å². The van der Waals surface area contributed by atoms with Gasteiger partial charge in [-0.3, -0.25) is 9.78 Å². The lowest BCUT2D eigenvalue weighted by molar-refractivity contribution is 0.0958. The number of fused-ring (bicyclic) bond motifs is 1. The molecule has 9 nitrogen and oxygen atoms in total. The maximum absolute atomic E-state index is 12.5. The highest BCUT2D eigenvalue weighted by molar-refractivity contribution is 6.33. The van der Waals surface area contributed by atoms with E-state index in [0.29, 0.717) is 52.6 Å². The van der Waals surface area contributed by atoms with Gasteiger partial charge in [-0.2, -0.15) is 0 Å². The van der Waals surface area contributed by atoms with Crippen LogP contribution in [0.3, 0.4) is 0 Å². The fraction of sp³-hybridized carbons (Fsp3) is 0.136. The zero-order valence-electron chi connectivity index (χ0n) is 17.0. The third-order valence-electron chi connectivity index (χ3n) is 4.41. The van der Waals surface area contributed by atoms with E-state index in [1.54, 1.807) is 42.5 Å². The highest BCUT2D eigenvalue weighted by Crippen LogP contribution is 2.33. The van der Waals surface area contributed by atoms with E-state index in [4.69, 9.17) is 25.8 Å². The average molecular weight is 455 g/mol. The number of anilines is 2. The molecule has 3 aromatic rings. The van der Waals surface area contributed by atoms with Crippen molar-refractivity contribution in [3.63, 3.8) is 0 Å². The number of hydrogen-bond donors (Lipinski definition) is 3. The molecule has 3 N–H and O–H groups in total. The third-order valence-corrected chi connectivity index (χ3v) is 4.74. The van der Waals surface area contributed by atoms with E-state index in [-0.39, 0.29) is 11.6 Å². The normalized spacial score (nSPS) is 11.9. The molecule has 2 heterocycles. The Hall–Kier alpha value is -3.98. The second kappa shape index (κ2) is 9.44. The number of benzene rings is 2. The number of aromatic nitrogens is 1. The number of pyridine rings is 1. The zero-order chi connectivity index (χ0) is 22.5. The molecule has 0 spiro atoms. The first-order chi connectivity index (χ1) is 15.5. The van der Waals surface area contributed by atoms with Crippen molar-refractivity contribution in [2.45, 2.75) is 0 Å². The Bertz CT molecular complexity index is 1170. The lowest BCUT2D eigenvalue weighted by atomic mass is 10.2. The van der Waals surface area contributed by atoms with Crippen molar-refractivity contribution < 1.29 is 23.8 Å². The van der Waals surface area contributed by atoms with Crippen molar-refractivity contribution in [1.82, 2.24) is 10.3 Å². The van der Waals surface area contributed by atoms with Crippen molar-refractivity contribution in [2.75, 3.05) is 30.9 Å². The largest absolute Gasteiger partial charge is 0.486 e. The van der Waals surface area contributed by atoms with Gasteiger partial charge in [0, 0.05) is 37.1 Å². The monoisotopic (exact) mass is 454 g/mol. The zero-order valence-corrected chi connectivity index (χ0v) is 17.7. The van der Waals surface area contributed by atoms with Crippen molar-refractivity contribution in [3.8, 4) is 23.0 Å². The molecule has 0 fully saturated rings. The molecular weight excluding hydrogens is 436 g/mol. The first kappa shape index (κ1) is 21.3. The minimum Gasteiger partial charge on any atom is -0.486 e. The lowest BCUT2D eigenvalue weighted by Crippen LogP contribution is -2.20. The highest BCUT2D eigenvalue weighted by Gasteiger charge is 2.14. The van der Waals surface area contributed by atoms with E-state index < -0.39 is 6.03 Å². The van der Waals surface area contributed by atoms with Crippen LogP contribution >= 0.6 is 11.6 Å². The number of amides is 3. The van der Waals surface area contributed by atoms with Gasteiger partial charge < -0.3 is 30.2 Å². The van der Waals surface area contributed by atoms with Crippen molar-refractivity contribution in [1.29, 1.82) is 0 Å². The number of carbonyl (C=O) groups is 2. The van der Waals surface area contributed by atoms with Gasteiger partial charge in [-0.15, -0.1) is 0 Å². The molecule has 2 aromatic carbocycles. The van der Waals surface area contributed by atoms with Crippen LogP contribution in [0.2, 0.25) is 5.02 Å². The standard InChI is InChI=1S/C22H19ClN4O5/c1-24-21(28)18-12-15(6-7-25-18)32-14-3-4-16(23)17(11-14)27-22(29)26-13-2-5-19-20(10-13)31-9-8-30-19/h2-7,10-12H,8-9H2,1H3,(H,24,28)(H2,26,27,29). The van der Waals surface area contributed by atoms with Crippen molar-refractivity contribution >= 4 is 34.9 Å². The molecule has 1 aliphatic rings. The predicted octanol–water partition coefficient (Wildman–Crippen LogP) is 4.30. The number of halogens is 1. The quantitative estimate of drug-likeness (QED) is 0.530. The van der Waals surface area contributed by atoms with Crippen LogP contribution in [-0.4, -0.2) is 37.2 Å². The lowest BCUT2D eigenvalue weighted by Gasteiger charge is -2.19. The number of ether oxygens (including phenoxy) is 3. The van der Waals surface area contributed by atoms with Crippen LogP contribution in [0.4, 0.5) is 16.2 Å². The number of nitrogens with zero attached hydrogens (tertiary/aromatic N) is 1. The van der Waals surface area contributed by atoms with Gasteiger partial charge >= 0.3 is 6.03 Å². The van der Waals surface area contributed by atoms with E-state index in [0.717, 1.165) is 0 Å². The van der Waals surface area contributed by atoms with Gasteiger partial charge in [0.2, 0.25) is 0 Å². The number of urea groups is 1. The fourth-order valence-electron chi connectivity index (χ4n) is 2.93. The van der Waals surface area contributed by atoms with Crippen LogP contribution in [0, 0.1) is 0 Å². The Morgan fingerprint density at radius 2 is 1.75 bits per heavy atom. The average Bonchev–Trinajstić information content (AvgIpc) is 2.81. The van der Waals surface area contributed by atoms with E-state index in [2.05, 4.69) is 20.9 Å². The Labute approximate surface area is 188 Å². The maximum Gasteiger partial charge on any atom is 0.323 e. The summed E-state index contributed by atoms with van der Waals surface area (Å²) in [5, 5.41) is 8.25. The predicted molar refractivity (Wildman–Crippen MR) is 119 cm³/mol. The highest BCUT2D eigenvalue weighted by atomic mass is 35.5. The van der Waals surface area contributed by atoms with Crippen LogP contribution in [0.1, 0.15) is 10.5 Å². The Morgan fingerprint density at radius 1 is 0.969 bits per heavy atom. The SMILES string of the molecule is CNC(=O)c1cc(Oc2ccc(Cl)c(NC(=O)Nc3ccc4c(c3)OCCO4)c2)ccn1. The molecule has 10 heteroatoms. The molecular formula is C22H19ClN4O5. The molecule has 1 aromatic heterocycles. The Kier molecular flexibility index (Phi) is 6.27. The van der Waals surface area contributed by atoms with Crippen molar-refractivity contribution in [3.05, 3.63) is 65.4 Å². The maximum atomic E-state index is 12.5. The summed E-state index contributed by atoms with van der Waals surface area (Å²) < 4.78 is 16.8. The molecule has 0 bridgehead atoms. The molecule has 4 rings (SSSR count). The molecule has 0 radical (unpaired) electrons. The molecule has 0 saturated heterocycles. The summed E-state index contributed by atoms with van der Waals surface area (Å²) in [6, 6.07) is 12.6. The van der Waals surface area contributed by atoms with E-state index in [1.807, 2.05) is 0 Å². The van der Waals surface area contributed by atoms with E-state index in [1.165, 1.54) is 19.3 Å². The molecule has 0 unspecified atom stereocenters. The first-order valence-corrected chi connectivity index (χ1v) is 10.0. The van der Waals surface area contributed by atoms with Crippen LogP contribution in [0.15, 0.2) is 54.7 Å². The van der Waals surface area contributed by atoms with Gasteiger partial charge in [0.1, 0.15) is 30.4 Å². The summed E-state index contributed by atoms with van der Waals surface area (Å²) in [5.41, 5.74) is 1.10. The number of carbonyl (C=O) groups excluding carboxylic acids is 2. The number of hydrogen-bond acceptors (Lipinski definition) is 6. The molecule has 3 amide bonds. The second-order valence-electron chi connectivity index (χ2n) is 6.64. The molecule has 164 valence electrons. The molecule has 0 atom stereocenters.